The van der Waals surface area contributed by atoms with Gasteiger partial charge in [-0.25, -0.2) is 0 Å². The molecule has 1 rings (SSSR count). The quantitative estimate of drug-likeness (QED) is 0.640. The molecule has 0 aliphatic carbocycles. The second kappa shape index (κ2) is 6.65. The third-order valence-electron chi connectivity index (χ3n) is 3.27. The first-order valence-corrected chi connectivity index (χ1v) is 6.56. The molecular weight excluding hydrogens is 248 g/mol. The highest BCUT2D eigenvalue weighted by Crippen LogP contribution is 2.18. The van der Waals surface area contributed by atoms with Crippen molar-refractivity contribution in [2.75, 3.05) is 19.7 Å². The van der Waals surface area contributed by atoms with Crippen LogP contribution in [0.4, 0.5) is 0 Å². The summed E-state index contributed by atoms with van der Waals surface area (Å²) in [7, 11) is 0. The number of aliphatic hydroxyl groups is 1. The maximum atomic E-state index is 11.6. The minimum absolute atomic E-state index is 0.0830. The molecule has 19 heavy (non-hydrogen) atoms. The number of nitrogens with one attached hydrogen (secondary N) is 1. The summed E-state index contributed by atoms with van der Waals surface area (Å²) in [6.45, 7) is 4.62. The predicted octanol–water partition coefficient (Wildman–Crippen LogP) is 0.0503. The van der Waals surface area contributed by atoms with Crippen LogP contribution < -0.4 is 5.32 Å². The summed E-state index contributed by atoms with van der Waals surface area (Å²) in [6, 6.07) is 0. The molecule has 6 heteroatoms. The molecule has 3 amide bonds. The largest absolute Gasteiger partial charge is 0.396 e. The fourth-order valence-corrected chi connectivity index (χ4v) is 1.90. The molecule has 0 radical (unpaired) electrons. The number of imide groups is 1. The number of nitrogens with zero attached hydrogens (tertiary/aromatic N) is 1. The first-order valence-electron chi connectivity index (χ1n) is 6.56. The molecule has 0 aromatic carbocycles. The molecule has 2 N–H and O–H groups in total. The Morgan fingerprint density at radius 3 is 2.42 bits per heavy atom. The monoisotopic (exact) mass is 270 g/mol. The van der Waals surface area contributed by atoms with Crippen molar-refractivity contribution < 1.29 is 19.5 Å². The lowest BCUT2D eigenvalue weighted by Gasteiger charge is -2.24. The Morgan fingerprint density at radius 2 is 1.89 bits per heavy atom. The zero-order valence-corrected chi connectivity index (χ0v) is 11.6. The normalized spacial score (nSPS) is 16.1. The van der Waals surface area contributed by atoms with Crippen molar-refractivity contribution in [3.63, 3.8) is 0 Å². The van der Waals surface area contributed by atoms with E-state index in [0.717, 1.165) is 4.90 Å². The predicted molar refractivity (Wildman–Crippen MR) is 69.1 cm³/mol. The van der Waals surface area contributed by atoms with E-state index >= 15 is 0 Å². The lowest BCUT2D eigenvalue weighted by molar-refractivity contribution is -0.138. The van der Waals surface area contributed by atoms with Crippen LogP contribution in [-0.4, -0.2) is 47.4 Å². The summed E-state index contributed by atoms with van der Waals surface area (Å²) in [5.41, 5.74) is -0.163. The van der Waals surface area contributed by atoms with E-state index in [1.807, 2.05) is 13.8 Å². The van der Waals surface area contributed by atoms with Gasteiger partial charge in [0.1, 0.15) is 0 Å². The fourth-order valence-electron chi connectivity index (χ4n) is 1.90. The number of carbonyl (C=O) groups excluding carboxylic acids is 3. The lowest BCUT2D eigenvalue weighted by atomic mass is 9.90. The maximum absolute atomic E-state index is 11.6. The molecule has 0 spiro atoms. The van der Waals surface area contributed by atoms with Gasteiger partial charge in [-0.2, -0.15) is 0 Å². The number of amides is 3. The maximum Gasteiger partial charge on any atom is 0.229 e. The van der Waals surface area contributed by atoms with Crippen molar-refractivity contribution in [1.82, 2.24) is 10.2 Å². The Morgan fingerprint density at radius 1 is 1.32 bits per heavy atom. The van der Waals surface area contributed by atoms with Crippen LogP contribution in [0.3, 0.4) is 0 Å². The molecule has 0 saturated carbocycles. The molecule has 108 valence electrons. The van der Waals surface area contributed by atoms with Crippen LogP contribution in [0.1, 0.15) is 39.5 Å². The average Bonchev–Trinajstić information content (AvgIpc) is 2.64. The lowest BCUT2D eigenvalue weighted by Crippen LogP contribution is -2.37. The van der Waals surface area contributed by atoms with E-state index in [1.54, 1.807) is 0 Å². The molecule has 0 aromatic heterocycles. The van der Waals surface area contributed by atoms with Crippen molar-refractivity contribution in [3.8, 4) is 0 Å². The summed E-state index contributed by atoms with van der Waals surface area (Å²) >= 11 is 0. The Labute approximate surface area is 113 Å². The Balaban J connectivity index is 2.28. The number of likely N-dealkylation sites (tertiary alicyclic amines) is 1. The van der Waals surface area contributed by atoms with Crippen LogP contribution >= 0.6 is 0 Å². The van der Waals surface area contributed by atoms with Gasteiger partial charge in [0, 0.05) is 39.0 Å². The van der Waals surface area contributed by atoms with Gasteiger partial charge in [-0.05, 0) is 11.8 Å². The standard InChI is InChI=1S/C13H22N2O4/c1-13(2,6-8-16)9-14-10(17)5-7-15-11(18)3-4-12(15)19/h16H,3-9H2,1-2H3,(H,14,17). The molecule has 1 fully saturated rings. The van der Waals surface area contributed by atoms with Crippen LogP contribution in [0.2, 0.25) is 0 Å². The van der Waals surface area contributed by atoms with E-state index < -0.39 is 0 Å². The van der Waals surface area contributed by atoms with Gasteiger partial charge >= 0.3 is 0 Å². The summed E-state index contributed by atoms with van der Waals surface area (Å²) in [6.07, 6.45) is 1.25. The summed E-state index contributed by atoms with van der Waals surface area (Å²) in [5, 5.41) is 11.6. The fraction of sp³-hybridized carbons (Fsp3) is 0.769. The summed E-state index contributed by atoms with van der Waals surface area (Å²) in [4.78, 5) is 35.5. The van der Waals surface area contributed by atoms with E-state index in [0.29, 0.717) is 13.0 Å². The minimum atomic E-state index is -0.196. The van der Waals surface area contributed by atoms with Gasteiger partial charge in [0.2, 0.25) is 17.7 Å². The number of hydrogen-bond donors (Lipinski definition) is 2. The third-order valence-corrected chi connectivity index (χ3v) is 3.27. The highest BCUT2D eigenvalue weighted by atomic mass is 16.3. The smallest absolute Gasteiger partial charge is 0.229 e. The van der Waals surface area contributed by atoms with Crippen molar-refractivity contribution >= 4 is 17.7 Å². The minimum Gasteiger partial charge on any atom is -0.396 e. The first-order chi connectivity index (χ1) is 8.85. The molecule has 1 saturated heterocycles. The van der Waals surface area contributed by atoms with Crippen LogP contribution in [0, 0.1) is 5.41 Å². The Kier molecular flexibility index (Phi) is 5.47. The van der Waals surface area contributed by atoms with Crippen molar-refractivity contribution in [2.45, 2.75) is 39.5 Å². The van der Waals surface area contributed by atoms with E-state index in [-0.39, 0.29) is 55.6 Å². The zero-order valence-electron chi connectivity index (χ0n) is 11.6. The molecule has 1 heterocycles. The van der Waals surface area contributed by atoms with Crippen molar-refractivity contribution in [1.29, 1.82) is 0 Å². The summed E-state index contributed by atoms with van der Waals surface area (Å²) in [5.74, 6) is -0.574. The van der Waals surface area contributed by atoms with E-state index in [1.165, 1.54) is 0 Å². The number of rotatable bonds is 7. The van der Waals surface area contributed by atoms with Gasteiger partial charge in [-0.3, -0.25) is 19.3 Å². The van der Waals surface area contributed by atoms with Crippen LogP contribution in [-0.2, 0) is 14.4 Å². The van der Waals surface area contributed by atoms with Gasteiger partial charge in [0.15, 0.2) is 0 Å². The van der Waals surface area contributed by atoms with Gasteiger partial charge in [0.25, 0.3) is 0 Å². The number of hydrogen-bond acceptors (Lipinski definition) is 4. The molecule has 0 unspecified atom stereocenters. The summed E-state index contributed by atoms with van der Waals surface area (Å²) < 4.78 is 0. The van der Waals surface area contributed by atoms with E-state index in [4.69, 9.17) is 5.11 Å². The third kappa shape index (κ3) is 4.98. The zero-order chi connectivity index (χ0) is 14.5. The molecule has 1 aliphatic rings. The van der Waals surface area contributed by atoms with E-state index in [2.05, 4.69) is 5.32 Å². The number of aliphatic hydroxyl groups excluding tert-OH is 1. The second-order valence-corrected chi connectivity index (χ2v) is 5.60. The highest BCUT2D eigenvalue weighted by molar-refractivity contribution is 6.02. The van der Waals surface area contributed by atoms with Gasteiger partial charge in [-0.1, -0.05) is 13.8 Å². The van der Waals surface area contributed by atoms with Crippen LogP contribution in [0.25, 0.3) is 0 Å². The SMILES string of the molecule is CC(C)(CCO)CNC(=O)CCN1C(=O)CCC1=O. The number of carbonyl (C=O) groups is 3. The van der Waals surface area contributed by atoms with Gasteiger partial charge in [-0.15, -0.1) is 0 Å². The van der Waals surface area contributed by atoms with E-state index in [9.17, 15) is 14.4 Å². The molecule has 0 bridgehead atoms. The molecule has 0 aromatic rings. The molecular formula is C13H22N2O4. The molecule has 0 atom stereocenters. The second-order valence-electron chi connectivity index (χ2n) is 5.60. The van der Waals surface area contributed by atoms with Crippen LogP contribution in [0.15, 0.2) is 0 Å². The van der Waals surface area contributed by atoms with Gasteiger partial charge in [0.05, 0.1) is 0 Å². The topological polar surface area (TPSA) is 86.7 Å². The van der Waals surface area contributed by atoms with Crippen LogP contribution in [0.5, 0.6) is 0 Å². The molecule has 6 nitrogen and oxygen atoms in total. The van der Waals surface area contributed by atoms with Crippen molar-refractivity contribution in [3.05, 3.63) is 0 Å². The first kappa shape index (κ1) is 15.6. The Bertz CT molecular complexity index is 350. The Hall–Kier alpha value is -1.43. The highest BCUT2D eigenvalue weighted by Gasteiger charge is 2.28. The molecule has 1 aliphatic heterocycles. The average molecular weight is 270 g/mol. The van der Waals surface area contributed by atoms with Crippen molar-refractivity contribution in [2.24, 2.45) is 5.41 Å². The van der Waals surface area contributed by atoms with Gasteiger partial charge < -0.3 is 10.4 Å².